The first kappa shape index (κ1) is 27.3. The van der Waals surface area contributed by atoms with E-state index in [-0.39, 0.29) is 18.0 Å². The minimum atomic E-state index is -0.321. The van der Waals surface area contributed by atoms with Crippen LogP contribution in [-0.4, -0.2) is 24.5 Å². The maximum atomic E-state index is 11.3. The molecule has 5 nitrogen and oxygen atoms in total. The highest BCUT2D eigenvalue weighted by atomic mass is 16.7. The summed E-state index contributed by atoms with van der Waals surface area (Å²) in [5.74, 6) is 2.30. The second-order valence-electron chi connectivity index (χ2n) is 9.42. The van der Waals surface area contributed by atoms with Crippen LogP contribution in [0.4, 0.5) is 0 Å². The lowest BCUT2D eigenvalue weighted by molar-refractivity contribution is -0.131. The van der Waals surface area contributed by atoms with E-state index < -0.39 is 0 Å². The van der Waals surface area contributed by atoms with E-state index in [9.17, 15) is 9.90 Å². The number of rotatable bonds is 12. The molecule has 4 atom stereocenters. The molecule has 0 aromatic heterocycles. The summed E-state index contributed by atoms with van der Waals surface area (Å²) in [5, 5.41) is 9.69. The van der Waals surface area contributed by atoms with Crippen molar-refractivity contribution in [2.75, 3.05) is 7.11 Å². The Morgan fingerprint density at radius 1 is 0.778 bits per heavy atom. The molecule has 1 N–H and O–H groups in total. The maximum absolute atomic E-state index is 11.3. The molecule has 0 aliphatic carbocycles. The van der Waals surface area contributed by atoms with Crippen molar-refractivity contribution in [3.63, 3.8) is 0 Å². The quantitative estimate of drug-likeness (QED) is 0.161. The largest absolute Gasteiger partial charge is 0.508 e. The second kappa shape index (κ2) is 13.1. The number of carbonyl (C=O) groups excluding carboxylic acids is 1. The van der Waals surface area contributed by atoms with E-state index in [1.807, 2.05) is 43.3 Å². The van der Waals surface area contributed by atoms with Crippen LogP contribution in [0.2, 0.25) is 0 Å². The van der Waals surface area contributed by atoms with Crippen molar-refractivity contribution < 1.29 is 24.1 Å². The standard InChI is InChI=1S/C31H38O5/c1-6-24(26-9-17-31(18-10-26)36-23(4)34-5)20-28(19-21(2)25-7-13-29(33)14-8-25)27-11-15-30(16-12-27)35-22(3)32/h7-18,21,23-24,28,33H,6,19-20H2,1-5H3. The van der Waals surface area contributed by atoms with Crippen molar-refractivity contribution in [3.8, 4) is 17.2 Å². The maximum Gasteiger partial charge on any atom is 0.308 e. The smallest absolute Gasteiger partial charge is 0.308 e. The molecule has 0 aliphatic rings. The van der Waals surface area contributed by atoms with Crippen LogP contribution in [0.5, 0.6) is 17.2 Å². The van der Waals surface area contributed by atoms with Crippen LogP contribution in [-0.2, 0) is 9.53 Å². The van der Waals surface area contributed by atoms with Gasteiger partial charge >= 0.3 is 5.97 Å². The van der Waals surface area contributed by atoms with Gasteiger partial charge in [-0.2, -0.15) is 0 Å². The number of carbonyl (C=O) groups is 1. The van der Waals surface area contributed by atoms with Crippen molar-refractivity contribution >= 4 is 5.97 Å². The fraction of sp³-hybridized carbons (Fsp3) is 0.387. The van der Waals surface area contributed by atoms with Gasteiger partial charge in [-0.3, -0.25) is 4.79 Å². The fourth-order valence-corrected chi connectivity index (χ4v) is 4.65. The molecular formula is C31H38O5. The molecule has 3 rings (SSSR count). The molecule has 4 unspecified atom stereocenters. The number of methoxy groups -OCH3 is 1. The molecule has 192 valence electrons. The van der Waals surface area contributed by atoms with Crippen LogP contribution in [0.15, 0.2) is 72.8 Å². The topological polar surface area (TPSA) is 65.0 Å². The third-order valence-electron chi connectivity index (χ3n) is 6.76. The summed E-state index contributed by atoms with van der Waals surface area (Å²) in [6, 6.07) is 23.7. The fourth-order valence-electron chi connectivity index (χ4n) is 4.65. The summed E-state index contributed by atoms with van der Waals surface area (Å²) in [7, 11) is 1.63. The number of phenolic OH excluding ortho intramolecular Hbond substituents is 1. The predicted molar refractivity (Wildman–Crippen MR) is 143 cm³/mol. The SMILES string of the molecule is CCC(CC(CC(C)c1ccc(O)cc1)c1ccc(OC(C)=O)cc1)c1ccc(OC(C)OC)cc1. The molecule has 0 saturated heterocycles. The highest BCUT2D eigenvalue weighted by Gasteiger charge is 2.22. The Hall–Kier alpha value is -3.31. The predicted octanol–water partition coefficient (Wildman–Crippen LogP) is 7.55. The molecule has 5 heteroatoms. The van der Waals surface area contributed by atoms with Crippen molar-refractivity contribution in [2.45, 2.75) is 71.0 Å². The Morgan fingerprint density at radius 3 is 1.83 bits per heavy atom. The Morgan fingerprint density at radius 2 is 1.31 bits per heavy atom. The summed E-state index contributed by atoms with van der Waals surface area (Å²) < 4.78 is 16.2. The minimum Gasteiger partial charge on any atom is -0.508 e. The van der Waals surface area contributed by atoms with Gasteiger partial charge in [-0.05, 0) is 97.0 Å². The van der Waals surface area contributed by atoms with Gasteiger partial charge in [0.05, 0.1) is 0 Å². The minimum absolute atomic E-state index is 0.280. The normalized spacial score (nSPS) is 14.5. The van der Waals surface area contributed by atoms with E-state index in [4.69, 9.17) is 14.2 Å². The number of phenols is 1. The molecule has 0 heterocycles. The Balaban J connectivity index is 1.83. The van der Waals surface area contributed by atoms with Gasteiger partial charge in [-0.15, -0.1) is 0 Å². The Bertz CT molecular complexity index is 1070. The van der Waals surface area contributed by atoms with Gasteiger partial charge in [-0.1, -0.05) is 50.2 Å². The molecule has 3 aromatic carbocycles. The molecule has 0 saturated carbocycles. The molecular weight excluding hydrogens is 452 g/mol. The highest BCUT2D eigenvalue weighted by Crippen LogP contribution is 2.39. The third kappa shape index (κ3) is 7.85. The molecule has 0 bridgehead atoms. The van der Waals surface area contributed by atoms with Crippen molar-refractivity contribution in [1.82, 2.24) is 0 Å². The van der Waals surface area contributed by atoms with Gasteiger partial charge in [0.25, 0.3) is 0 Å². The summed E-state index contributed by atoms with van der Waals surface area (Å²) in [4.78, 5) is 11.3. The summed E-state index contributed by atoms with van der Waals surface area (Å²) in [6.07, 6.45) is 2.67. The van der Waals surface area contributed by atoms with Crippen LogP contribution >= 0.6 is 0 Å². The molecule has 36 heavy (non-hydrogen) atoms. The van der Waals surface area contributed by atoms with E-state index in [0.717, 1.165) is 25.0 Å². The van der Waals surface area contributed by atoms with Gasteiger partial charge in [0.1, 0.15) is 17.2 Å². The summed E-state index contributed by atoms with van der Waals surface area (Å²) in [5.41, 5.74) is 3.72. The zero-order chi connectivity index (χ0) is 26.1. The van der Waals surface area contributed by atoms with Crippen molar-refractivity contribution in [3.05, 3.63) is 89.5 Å². The Labute approximate surface area is 215 Å². The molecule has 0 aliphatic heterocycles. The second-order valence-corrected chi connectivity index (χ2v) is 9.42. The monoisotopic (exact) mass is 490 g/mol. The van der Waals surface area contributed by atoms with Gasteiger partial charge < -0.3 is 19.3 Å². The van der Waals surface area contributed by atoms with Crippen LogP contribution in [0.3, 0.4) is 0 Å². The van der Waals surface area contributed by atoms with Crippen LogP contribution in [0.25, 0.3) is 0 Å². The first-order valence-corrected chi connectivity index (χ1v) is 12.7. The molecule has 0 radical (unpaired) electrons. The lowest BCUT2D eigenvalue weighted by Gasteiger charge is -2.27. The first-order valence-electron chi connectivity index (χ1n) is 12.7. The zero-order valence-corrected chi connectivity index (χ0v) is 21.9. The molecule has 0 fully saturated rings. The third-order valence-corrected chi connectivity index (χ3v) is 6.76. The molecule has 0 spiro atoms. The number of benzene rings is 3. The Kier molecular flexibility index (Phi) is 9.95. The zero-order valence-electron chi connectivity index (χ0n) is 21.9. The molecule has 3 aromatic rings. The van der Waals surface area contributed by atoms with Gasteiger partial charge in [0.2, 0.25) is 0 Å². The van der Waals surface area contributed by atoms with E-state index in [0.29, 0.717) is 23.5 Å². The summed E-state index contributed by atoms with van der Waals surface area (Å²) in [6.45, 7) is 7.74. The average molecular weight is 491 g/mol. The van der Waals surface area contributed by atoms with Crippen LogP contribution in [0, 0.1) is 0 Å². The van der Waals surface area contributed by atoms with Crippen molar-refractivity contribution in [1.29, 1.82) is 0 Å². The number of hydrogen-bond donors (Lipinski definition) is 1. The van der Waals surface area contributed by atoms with Gasteiger partial charge in [-0.25, -0.2) is 0 Å². The van der Waals surface area contributed by atoms with E-state index >= 15 is 0 Å². The lowest BCUT2D eigenvalue weighted by atomic mass is 9.78. The van der Waals surface area contributed by atoms with E-state index in [1.54, 1.807) is 19.2 Å². The van der Waals surface area contributed by atoms with Gasteiger partial charge in [0.15, 0.2) is 6.29 Å². The van der Waals surface area contributed by atoms with Crippen LogP contribution < -0.4 is 9.47 Å². The first-order chi connectivity index (χ1) is 17.3. The van der Waals surface area contributed by atoms with Crippen LogP contribution in [0.1, 0.15) is 81.4 Å². The van der Waals surface area contributed by atoms with Gasteiger partial charge in [0, 0.05) is 14.0 Å². The lowest BCUT2D eigenvalue weighted by Crippen LogP contribution is -2.13. The number of hydrogen-bond acceptors (Lipinski definition) is 5. The number of esters is 1. The van der Waals surface area contributed by atoms with Crippen molar-refractivity contribution in [2.24, 2.45) is 0 Å². The molecule has 0 amide bonds. The average Bonchev–Trinajstić information content (AvgIpc) is 2.87. The highest BCUT2D eigenvalue weighted by molar-refractivity contribution is 5.69. The number of aromatic hydroxyl groups is 1. The van der Waals surface area contributed by atoms with E-state index in [1.165, 1.54) is 23.6 Å². The summed E-state index contributed by atoms with van der Waals surface area (Å²) >= 11 is 0. The number of ether oxygens (including phenoxy) is 3. The van der Waals surface area contributed by atoms with E-state index in [2.05, 4.69) is 38.1 Å².